The van der Waals surface area contributed by atoms with E-state index in [2.05, 4.69) is 10.6 Å². The highest BCUT2D eigenvalue weighted by Gasteiger charge is 2.14. The lowest BCUT2D eigenvalue weighted by Crippen LogP contribution is -2.32. The number of anilines is 1. The molecule has 0 saturated carbocycles. The fourth-order valence-electron chi connectivity index (χ4n) is 1.96. The number of amides is 1. The molecular formula is C16H16F2N2O. The summed E-state index contributed by atoms with van der Waals surface area (Å²) < 4.78 is 26.4. The molecular weight excluding hydrogens is 274 g/mol. The molecule has 0 aromatic heterocycles. The molecule has 0 aliphatic heterocycles. The molecule has 2 aromatic rings. The normalized spacial score (nSPS) is 11.8. The van der Waals surface area contributed by atoms with Crippen LogP contribution in [0.25, 0.3) is 0 Å². The van der Waals surface area contributed by atoms with Crippen LogP contribution in [-0.4, -0.2) is 12.5 Å². The van der Waals surface area contributed by atoms with Gasteiger partial charge in [0.25, 0.3) is 0 Å². The van der Waals surface area contributed by atoms with Gasteiger partial charge < -0.3 is 10.6 Å². The maximum atomic E-state index is 13.6. The van der Waals surface area contributed by atoms with Gasteiger partial charge in [-0.25, -0.2) is 8.78 Å². The zero-order chi connectivity index (χ0) is 15.2. The zero-order valence-corrected chi connectivity index (χ0v) is 11.6. The van der Waals surface area contributed by atoms with Gasteiger partial charge in [-0.05, 0) is 25.1 Å². The Balaban J connectivity index is 1.90. The van der Waals surface area contributed by atoms with Gasteiger partial charge in [-0.1, -0.05) is 24.3 Å². The van der Waals surface area contributed by atoms with E-state index in [1.54, 1.807) is 6.92 Å². The maximum absolute atomic E-state index is 13.6. The van der Waals surface area contributed by atoms with Crippen molar-refractivity contribution in [1.82, 2.24) is 5.32 Å². The second-order valence-electron chi connectivity index (χ2n) is 4.67. The molecule has 110 valence electrons. The number of para-hydroxylation sites is 1. The minimum atomic E-state index is -0.668. The molecule has 0 spiro atoms. The molecule has 0 aliphatic carbocycles. The van der Waals surface area contributed by atoms with Crippen LogP contribution in [0.1, 0.15) is 18.5 Å². The Morgan fingerprint density at radius 1 is 1.14 bits per heavy atom. The maximum Gasteiger partial charge on any atom is 0.239 e. The third-order valence-electron chi connectivity index (χ3n) is 3.03. The van der Waals surface area contributed by atoms with Gasteiger partial charge in [-0.2, -0.15) is 0 Å². The Hall–Kier alpha value is -2.43. The van der Waals surface area contributed by atoms with Crippen LogP contribution < -0.4 is 10.6 Å². The van der Waals surface area contributed by atoms with Crippen LogP contribution in [0.15, 0.2) is 48.5 Å². The minimum absolute atomic E-state index is 0.0805. The van der Waals surface area contributed by atoms with Crippen LogP contribution in [-0.2, 0) is 4.79 Å². The highest BCUT2D eigenvalue weighted by Crippen LogP contribution is 2.17. The van der Waals surface area contributed by atoms with Gasteiger partial charge in [-0.3, -0.25) is 4.79 Å². The van der Waals surface area contributed by atoms with Crippen molar-refractivity contribution in [2.45, 2.75) is 13.0 Å². The van der Waals surface area contributed by atoms with E-state index in [1.165, 1.54) is 12.1 Å². The van der Waals surface area contributed by atoms with Crippen LogP contribution in [0.2, 0.25) is 0 Å². The number of hydrogen-bond acceptors (Lipinski definition) is 2. The molecule has 0 saturated heterocycles. The SMILES string of the molecule is CC(NC(=O)CNc1ccccc1)c1ccc(F)cc1F. The molecule has 0 radical (unpaired) electrons. The van der Waals surface area contributed by atoms with Crippen LogP contribution in [0.3, 0.4) is 0 Å². The fourth-order valence-corrected chi connectivity index (χ4v) is 1.96. The first-order chi connectivity index (χ1) is 10.1. The van der Waals surface area contributed by atoms with Gasteiger partial charge in [-0.15, -0.1) is 0 Å². The van der Waals surface area contributed by atoms with Crippen molar-refractivity contribution in [3.8, 4) is 0 Å². The fraction of sp³-hybridized carbons (Fsp3) is 0.188. The summed E-state index contributed by atoms with van der Waals surface area (Å²) in [6.45, 7) is 1.73. The second kappa shape index (κ2) is 6.83. The Morgan fingerprint density at radius 2 is 1.86 bits per heavy atom. The predicted octanol–water partition coefficient (Wildman–Crippen LogP) is 3.25. The highest BCUT2D eigenvalue weighted by molar-refractivity contribution is 5.81. The monoisotopic (exact) mass is 290 g/mol. The van der Waals surface area contributed by atoms with E-state index in [4.69, 9.17) is 0 Å². The molecule has 2 rings (SSSR count). The molecule has 0 aliphatic rings. The molecule has 5 heteroatoms. The molecule has 1 atom stereocenters. The Kier molecular flexibility index (Phi) is 4.87. The standard InChI is InChI=1S/C16H16F2N2O/c1-11(14-8-7-12(17)9-15(14)18)20-16(21)10-19-13-5-3-2-4-6-13/h2-9,11,19H,10H2,1H3,(H,20,21). The molecule has 0 heterocycles. The summed E-state index contributed by atoms with van der Waals surface area (Å²) >= 11 is 0. The van der Waals surface area contributed by atoms with Gasteiger partial charge in [0.15, 0.2) is 0 Å². The Morgan fingerprint density at radius 3 is 2.52 bits per heavy atom. The van der Waals surface area contributed by atoms with Crippen LogP contribution in [0.5, 0.6) is 0 Å². The Labute approximate surface area is 122 Å². The van der Waals surface area contributed by atoms with Crippen molar-refractivity contribution in [2.75, 3.05) is 11.9 Å². The van der Waals surface area contributed by atoms with E-state index in [9.17, 15) is 13.6 Å². The second-order valence-corrected chi connectivity index (χ2v) is 4.67. The van der Waals surface area contributed by atoms with E-state index in [-0.39, 0.29) is 18.0 Å². The summed E-state index contributed by atoms with van der Waals surface area (Å²) in [5.74, 6) is -1.57. The van der Waals surface area contributed by atoms with E-state index >= 15 is 0 Å². The van der Waals surface area contributed by atoms with Crippen molar-refractivity contribution < 1.29 is 13.6 Å². The average Bonchev–Trinajstić information content (AvgIpc) is 2.46. The summed E-state index contributed by atoms with van der Waals surface area (Å²) in [5.41, 5.74) is 1.08. The minimum Gasteiger partial charge on any atom is -0.376 e. The molecule has 0 bridgehead atoms. The van der Waals surface area contributed by atoms with E-state index in [0.29, 0.717) is 0 Å². The number of carbonyl (C=O) groups is 1. The van der Waals surface area contributed by atoms with Gasteiger partial charge >= 0.3 is 0 Å². The number of carbonyl (C=O) groups excluding carboxylic acids is 1. The van der Waals surface area contributed by atoms with Crippen molar-refractivity contribution in [2.24, 2.45) is 0 Å². The smallest absolute Gasteiger partial charge is 0.239 e. The summed E-state index contributed by atoms with van der Waals surface area (Å²) in [5, 5.41) is 5.62. The number of nitrogens with one attached hydrogen (secondary N) is 2. The first-order valence-corrected chi connectivity index (χ1v) is 6.59. The van der Waals surface area contributed by atoms with Crippen molar-refractivity contribution in [3.63, 3.8) is 0 Å². The Bertz CT molecular complexity index is 617. The zero-order valence-electron chi connectivity index (χ0n) is 11.6. The van der Waals surface area contributed by atoms with Crippen LogP contribution >= 0.6 is 0 Å². The van der Waals surface area contributed by atoms with Crippen molar-refractivity contribution >= 4 is 11.6 Å². The third-order valence-corrected chi connectivity index (χ3v) is 3.03. The summed E-state index contributed by atoms with van der Waals surface area (Å²) in [4.78, 5) is 11.8. The first kappa shape index (κ1) is 15.0. The molecule has 1 amide bonds. The molecule has 2 aromatic carbocycles. The topological polar surface area (TPSA) is 41.1 Å². The third kappa shape index (κ3) is 4.27. The largest absolute Gasteiger partial charge is 0.376 e. The number of halogens is 2. The average molecular weight is 290 g/mol. The molecule has 21 heavy (non-hydrogen) atoms. The van der Waals surface area contributed by atoms with E-state index in [0.717, 1.165) is 11.8 Å². The number of rotatable bonds is 5. The molecule has 2 N–H and O–H groups in total. The van der Waals surface area contributed by atoms with Crippen LogP contribution in [0.4, 0.5) is 14.5 Å². The summed E-state index contributed by atoms with van der Waals surface area (Å²) in [7, 11) is 0. The summed E-state index contributed by atoms with van der Waals surface area (Å²) in [6, 6.07) is 12.1. The molecule has 1 unspecified atom stereocenters. The molecule has 3 nitrogen and oxygen atoms in total. The number of benzene rings is 2. The van der Waals surface area contributed by atoms with Gasteiger partial charge in [0, 0.05) is 17.3 Å². The van der Waals surface area contributed by atoms with Crippen molar-refractivity contribution in [1.29, 1.82) is 0 Å². The highest BCUT2D eigenvalue weighted by atomic mass is 19.1. The first-order valence-electron chi connectivity index (χ1n) is 6.59. The van der Waals surface area contributed by atoms with Crippen LogP contribution in [0, 0.1) is 11.6 Å². The van der Waals surface area contributed by atoms with Gasteiger partial charge in [0.1, 0.15) is 11.6 Å². The van der Waals surface area contributed by atoms with E-state index < -0.39 is 17.7 Å². The summed E-state index contributed by atoms with van der Waals surface area (Å²) in [6.07, 6.45) is 0. The number of hydrogen-bond donors (Lipinski definition) is 2. The van der Waals surface area contributed by atoms with Crippen molar-refractivity contribution in [3.05, 3.63) is 65.7 Å². The lowest BCUT2D eigenvalue weighted by Gasteiger charge is -2.15. The quantitative estimate of drug-likeness (QED) is 0.887. The van der Waals surface area contributed by atoms with E-state index in [1.807, 2.05) is 30.3 Å². The lowest BCUT2D eigenvalue weighted by atomic mass is 10.1. The molecule has 0 fully saturated rings. The lowest BCUT2D eigenvalue weighted by molar-refractivity contribution is -0.120. The van der Waals surface area contributed by atoms with Gasteiger partial charge in [0.05, 0.1) is 12.6 Å². The predicted molar refractivity (Wildman–Crippen MR) is 77.8 cm³/mol. The van der Waals surface area contributed by atoms with Gasteiger partial charge in [0.2, 0.25) is 5.91 Å².